The van der Waals surface area contributed by atoms with Crippen molar-refractivity contribution < 1.29 is 8.42 Å². The van der Waals surface area contributed by atoms with Gasteiger partial charge in [0.1, 0.15) is 0 Å². The molecule has 0 atom stereocenters. The third kappa shape index (κ3) is 3.40. The molecule has 5 heteroatoms. The third-order valence-electron chi connectivity index (χ3n) is 4.41. The van der Waals surface area contributed by atoms with Crippen LogP contribution in [0.3, 0.4) is 0 Å². The molecule has 0 aromatic heterocycles. The van der Waals surface area contributed by atoms with Crippen molar-refractivity contribution in [2.75, 3.05) is 18.8 Å². The molecule has 2 fully saturated rings. The molecule has 2 N–H and O–H groups in total. The van der Waals surface area contributed by atoms with Crippen LogP contribution in [0.2, 0.25) is 0 Å². The molecule has 3 rings (SSSR count). The number of hydrogen-bond donors (Lipinski definition) is 1. The number of benzene rings is 1. The Balaban J connectivity index is 1.93. The van der Waals surface area contributed by atoms with Crippen LogP contribution < -0.4 is 5.73 Å². The summed E-state index contributed by atoms with van der Waals surface area (Å²) in [5.41, 5.74) is 7.20. The van der Waals surface area contributed by atoms with Gasteiger partial charge in [-0.1, -0.05) is 13.0 Å². The molecule has 1 aromatic rings. The molecule has 0 unspecified atom stereocenters. The van der Waals surface area contributed by atoms with Crippen molar-refractivity contribution in [1.82, 2.24) is 4.31 Å². The van der Waals surface area contributed by atoms with Crippen LogP contribution in [-0.4, -0.2) is 25.8 Å². The van der Waals surface area contributed by atoms with E-state index in [0.29, 0.717) is 41.9 Å². The molecule has 2 saturated carbocycles. The maximum Gasteiger partial charge on any atom is 0.243 e. The summed E-state index contributed by atoms with van der Waals surface area (Å²) in [7, 11) is -3.42. The van der Waals surface area contributed by atoms with Gasteiger partial charge in [-0.25, -0.2) is 8.42 Å². The zero-order valence-corrected chi connectivity index (χ0v) is 13.4. The summed E-state index contributed by atoms with van der Waals surface area (Å²) in [5, 5.41) is 0. The number of sulfonamides is 1. The summed E-state index contributed by atoms with van der Waals surface area (Å²) in [6.45, 7) is 3.34. The molecule has 0 heterocycles. The van der Waals surface area contributed by atoms with E-state index in [1.165, 1.54) is 0 Å². The predicted octanol–water partition coefficient (Wildman–Crippen LogP) is 2.64. The van der Waals surface area contributed by atoms with Crippen molar-refractivity contribution in [3.63, 3.8) is 0 Å². The minimum atomic E-state index is -3.42. The normalized spacial score (nSPS) is 19.1. The zero-order chi connectivity index (χ0) is 15.0. The van der Waals surface area contributed by atoms with Gasteiger partial charge in [-0.05, 0) is 61.6 Å². The minimum absolute atomic E-state index is 0.409. The van der Waals surface area contributed by atoms with Crippen LogP contribution in [0.4, 0.5) is 5.69 Å². The lowest BCUT2D eigenvalue weighted by Crippen LogP contribution is -2.35. The maximum absolute atomic E-state index is 13.1. The van der Waals surface area contributed by atoms with Gasteiger partial charge in [0, 0.05) is 18.8 Å². The molecule has 116 valence electrons. The number of nitrogens with two attached hydrogens (primary N) is 1. The smallest absolute Gasteiger partial charge is 0.243 e. The standard InChI is InChI=1S/C16H24N2O2S/c1-2-14-7-8-15(17)9-16(14)21(19,20)18(10-12-3-4-12)11-13-5-6-13/h7-9,12-13H,2-6,10-11,17H2,1H3. The van der Waals surface area contributed by atoms with E-state index in [0.717, 1.165) is 31.2 Å². The van der Waals surface area contributed by atoms with Gasteiger partial charge >= 0.3 is 0 Å². The first kappa shape index (κ1) is 14.9. The quantitative estimate of drug-likeness (QED) is 0.788. The van der Waals surface area contributed by atoms with Crippen molar-refractivity contribution in [2.45, 2.75) is 43.9 Å². The number of nitrogens with zero attached hydrogens (tertiary/aromatic N) is 1. The van der Waals surface area contributed by atoms with Crippen LogP contribution >= 0.6 is 0 Å². The molecule has 2 aliphatic rings. The van der Waals surface area contributed by atoms with Gasteiger partial charge < -0.3 is 5.73 Å². The Morgan fingerprint density at radius 2 is 1.71 bits per heavy atom. The Hall–Kier alpha value is -1.07. The van der Waals surface area contributed by atoms with Crippen molar-refractivity contribution in [2.24, 2.45) is 11.8 Å². The van der Waals surface area contributed by atoms with E-state index < -0.39 is 10.0 Å². The molecule has 0 bridgehead atoms. The number of hydrogen-bond acceptors (Lipinski definition) is 3. The van der Waals surface area contributed by atoms with E-state index in [2.05, 4.69) is 0 Å². The van der Waals surface area contributed by atoms with Crippen molar-refractivity contribution >= 4 is 15.7 Å². The van der Waals surface area contributed by atoms with Crippen LogP contribution in [0, 0.1) is 11.8 Å². The average molecular weight is 308 g/mol. The Bertz CT molecular complexity index is 605. The Morgan fingerprint density at radius 3 is 2.19 bits per heavy atom. The summed E-state index contributed by atoms with van der Waals surface area (Å²) in [6, 6.07) is 5.25. The lowest BCUT2D eigenvalue weighted by molar-refractivity contribution is 0.382. The SMILES string of the molecule is CCc1ccc(N)cc1S(=O)(=O)N(CC1CC1)CC1CC1. The minimum Gasteiger partial charge on any atom is -0.399 e. The van der Waals surface area contributed by atoms with E-state index in [1.807, 2.05) is 13.0 Å². The largest absolute Gasteiger partial charge is 0.399 e. The highest BCUT2D eigenvalue weighted by molar-refractivity contribution is 7.89. The van der Waals surface area contributed by atoms with Crippen LogP contribution in [0.15, 0.2) is 23.1 Å². The van der Waals surface area contributed by atoms with E-state index in [1.54, 1.807) is 16.4 Å². The summed E-state index contributed by atoms with van der Waals surface area (Å²) >= 11 is 0. The molecule has 21 heavy (non-hydrogen) atoms. The molecular weight excluding hydrogens is 284 g/mol. The highest BCUT2D eigenvalue weighted by Gasteiger charge is 2.36. The fourth-order valence-electron chi connectivity index (χ4n) is 2.69. The molecule has 4 nitrogen and oxygen atoms in total. The van der Waals surface area contributed by atoms with Crippen molar-refractivity contribution in [3.8, 4) is 0 Å². The van der Waals surface area contributed by atoms with Gasteiger partial charge in [0.2, 0.25) is 10.0 Å². The van der Waals surface area contributed by atoms with Crippen LogP contribution in [0.25, 0.3) is 0 Å². The van der Waals surface area contributed by atoms with E-state index in [-0.39, 0.29) is 0 Å². The highest BCUT2D eigenvalue weighted by atomic mass is 32.2. The van der Waals surface area contributed by atoms with Gasteiger partial charge in [0.15, 0.2) is 0 Å². The lowest BCUT2D eigenvalue weighted by Gasteiger charge is -2.23. The zero-order valence-electron chi connectivity index (χ0n) is 12.6. The van der Waals surface area contributed by atoms with E-state index in [9.17, 15) is 8.42 Å². The molecule has 0 saturated heterocycles. The Morgan fingerprint density at radius 1 is 1.14 bits per heavy atom. The Kier molecular flexibility index (Phi) is 3.97. The average Bonchev–Trinajstić information content (AvgIpc) is 3.33. The molecule has 0 radical (unpaired) electrons. The molecule has 1 aromatic carbocycles. The lowest BCUT2D eigenvalue weighted by atomic mass is 10.1. The van der Waals surface area contributed by atoms with Gasteiger partial charge in [0.25, 0.3) is 0 Å². The number of rotatable bonds is 7. The maximum atomic E-state index is 13.1. The van der Waals surface area contributed by atoms with Gasteiger partial charge in [0.05, 0.1) is 4.90 Å². The number of nitrogen functional groups attached to an aromatic ring is 1. The first-order valence-electron chi connectivity index (χ1n) is 7.89. The second-order valence-corrected chi connectivity index (χ2v) is 8.34. The Labute approximate surface area is 127 Å². The highest BCUT2D eigenvalue weighted by Crippen LogP contribution is 2.36. The van der Waals surface area contributed by atoms with Crippen molar-refractivity contribution in [1.29, 1.82) is 0 Å². The van der Waals surface area contributed by atoms with Gasteiger partial charge in [-0.15, -0.1) is 0 Å². The fourth-order valence-corrected chi connectivity index (χ4v) is 4.61. The van der Waals surface area contributed by atoms with Gasteiger partial charge in [-0.2, -0.15) is 4.31 Å². The summed E-state index contributed by atoms with van der Waals surface area (Å²) < 4.78 is 27.8. The van der Waals surface area contributed by atoms with Crippen LogP contribution in [-0.2, 0) is 16.4 Å². The van der Waals surface area contributed by atoms with Crippen molar-refractivity contribution in [3.05, 3.63) is 23.8 Å². The molecule has 0 aliphatic heterocycles. The molecule has 2 aliphatic carbocycles. The molecule has 0 amide bonds. The number of anilines is 1. The first-order chi connectivity index (χ1) is 10.0. The second-order valence-electron chi connectivity index (χ2n) is 6.43. The predicted molar refractivity (Wildman–Crippen MR) is 84.4 cm³/mol. The molecular formula is C16H24N2O2S. The topological polar surface area (TPSA) is 63.4 Å². The van der Waals surface area contributed by atoms with Crippen LogP contribution in [0.1, 0.15) is 38.2 Å². The fraction of sp³-hybridized carbons (Fsp3) is 0.625. The second kappa shape index (κ2) is 5.61. The van der Waals surface area contributed by atoms with Gasteiger partial charge in [-0.3, -0.25) is 0 Å². The van der Waals surface area contributed by atoms with Crippen LogP contribution in [0.5, 0.6) is 0 Å². The summed E-state index contributed by atoms with van der Waals surface area (Å²) in [5.74, 6) is 1.12. The number of aryl methyl sites for hydroxylation is 1. The summed E-state index contributed by atoms with van der Waals surface area (Å²) in [4.78, 5) is 0.409. The molecule has 0 spiro atoms. The van der Waals surface area contributed by atoms with E-state index >= 15 is 0 Å². The monoisotopic (exact) mass is 308 g/mol. The first-order valence-corrected chi connectivity index (χ1v) is 9.33. The third-order valence-corrected chi connectivity index (χ3v) is 6.32. The van der Waals surface area contributed by atoms with E-state index in [4.69, 9.17) is 5.73 Å². The summed E-state index contributed by atoms with van der Waals surface area (Å²) in [6.07, 6.45) is 5.35.